The summed E-state index contributed by atoms with van der Waals surface area (Å²) < 4.78 is 7.25. The zero-order valence-electron chi connectivity index (χ0n) is 18.3. The van der Waals surface area contributed by atoms with E-state index in [2.05, 4.69) is 79.2 Å². The van der Waals surface area contributed by atoms with Crippen LogP contribution in [0.4, 0.5) is 5.69 Å². The molecule has 0 saturated carbocycles. The lowest BCUT2D eigenvalue weighted by Gasteiger charge is -2.39. The van der Waals surface area contributed by atoms with Crippen LogP contribution in [0.1, 0.15) is 23.1 Å². The van der Waals surface area contributed by atoms with Crippen LogP contribution in [-0.4, -0.2) is 41.3 Å². The minimum atomic E-state index is -0.106. The normalized spacial score (nSPS) is 15.5. The summed E-state index contributed by atoms with van der Waals surface area (Å²) in [7, 11) is 0. The Morgan fingerprint density at radius 3 is 2.36 bits per heavy atom. The van der Waals surface area contributed by atoms with E-state index in [9.17, 15) is 0 Å². The van der Waals surface area contributed by atoms with Crippen molar-refractivity contribution in [1.29, 1.82) is 0 Å². The molecule has 0 radical (unpaired) electrons. The molecule has 5 nitrogen and oxygen atoms in total. The van der Waals surface area contributed by atoms with Crippen LogP contribution < -0.4 is 4.90 Å². The summed E-state index contributed by atoms with van der Waals surface area (Å²) in [5.41, 5.74) is 4.49. The SMILES string of the molecule is Cc1ccc(Cl)cc1N1CCN([C@@H](c2ccc(Br)cc2)c2nnc(-c3ccccc3)o2)CC1. The van der Waals surface area contributed by atoms with Crippen molar-refractivity contribution < 1.29 is 4.42 Å². The number of anilines is 1. The van der Waals surface area contributed by atoms with Crippen molar-refractivity contribution in [3.05, 3.63) is 99.3 Å². The Morgan fingerprint density at radius 1 is 0.909 bits per heavy atom. The van der Waals surface area contributed by atoms with Gasteiger partial charge in [0.2, 0.25) is 11.8 Å². The number of nitrogens with zero attached hydrogens (tertiary/aromatic N) is 4. The zero-order valence-corrected chi connectivity index (χ0v) is 20.6. The Hall–Kier alpha value is -2.67. The first kappa shape index (κ1) is 22.1. The van der Waals surface area contributed by atoms with Crippen molar-refractivity contribution in [2.75, 3.05) is 31.1 Å². The van der Waals surface area contributed by atoms with E-state index < -0.39 is 0 Å². The molecule has 0 N–H and O–H groups in total. The minimum absolute atomic E-state index is 0.106. The molecule has 1 saturated heterocycles. The molecular formula is C26H24BrClN4O. The van der Waals surface area contributed by atoms with Crippen molar-refractivity contribution in [1.82, 2.24) is 15.1 Å². The maximum absolute atomic E-state index is 6.27. The molecule has 0 spiro atoms. The summed E-state index contributed by atoms with van der Waals surface area (Å²) in [6.45, 7) is 5.67. The molecule has 0 unspecified atom stereocenters. The number of aryl methyl sites for hydroxylation is 1. The Kier molecular flexibility index (Phi) is 6.49. The third-order valence-electron chi connectivity index (χ3n) is 6.07. The smallest absolute Gasteiger partial charge is 0.247 e. The fourth-order valence-corrected chi connectivity index (χ4v) is 4.77. The highest BCUT2D eigenvalue weighted by atomic mass is 79.9. The van der Waals surface area contributed by atoms with Gasteiger partial charge in [0.15, 0.2) is 0 Å². The van der Waals surface area contributed by atoms with Crippen LogP contribution in [0.2, 0.25) is 5.02 Å². The van der Waals surface area contributed by atoms with E-state index in [4.69, 9.17) is 16.0 Å². The molecule has 33 heavy (non-hydrogen) atoms. The number of piperazine rings is 1. The second-order valence-electron chi connectivity index (χ2n) is 8.22. The first-order chi connectivity index (χ1) is 16.1. The van der Waals surface area contributed by atoms with E-state index in [-0.39, 0.29) is 6.04 Å². The number of rotatable bonds is 5. The lowest BCUT2D eigenvalue weighted by Crippen LogP contribution is -2.48. The highest BCUT2D eigenvalue weighted by Crippen LogP contribution is 2.33. The highest BCUT2D eigenvalue weighted by molar-refractivity contribution is 9.10. The standard InChI is InChI=1S/C26H24BrClN4O/c1-18-7-12-22(28)17-23(18)31-13-15-32(16-14-31)24(19-8-10-21(27)11-9-19)26-30-29-25(33-26)20-5-3-2-4-6-20/h2-12,17,24H,13-16H2,1H3/t24-/m0/s1. The molecule has 0 aliphatic carbocycles. The number of benzene rings is 3. The van der Waals surface area contributed by atoms with Gasteiger partial charge in [-0.1, -0.05) is 63.9 Å². The van der Waals surface area contributed by atoms with Gasteiger partial charge in [-0.2, -0.15) is 0 Å². The molecule has 1 aromatic heterocycles. The first-order valence-electron chi connectivity index (χ1n) is 11.0. The van der Waals surface area contributed by atoms with Gasteiger partial charge in [-0.25, -0.2) is 0 Å². The monoisotopic (exact) mass is 522 g/mol. The molecule has 5 rings (SSSR count). The van der Waals surface area contributed by atoms with Gasteiger partial charge >= 0.3 is 0 Å². The largest absolute Gasteiger partial charge is 0.419 e. The summed E-state index contributed by atoms with van der Waals surface area (Å²) in [6, 6.07) is 24.2. The maximum Gasteiger partial charge on any atom is 0.247 e. The molecule has 1 atom stereocenters. The van der Waals surface area contributed by atoms with Crippen molar-refractivity contribution in [3.8, 4) is 11.5 Å². The molecule has 0 amide bonds. The van der Waals surface area contributed by atoms with Crippen molar-refractivity contribution in [2.24, 2.45) is 0 Å². The summed E-state index contributed by atoms with van der Waals surface area (Å²) in [4.78, 5) is 4.82. The van der Waals surface area contributed by atoms with Crippen LogP contribution in [0, 0.1) is 6.92 Å². The molecule has 1 aliphatic rings. The van der Waals surface area contributed by atoms with Gasteiger partial charge < -0.3 is 9.32 Å². The van der Waals surface area contributed by atoms with Crippen molar-refractivity contribution in [3.63, 3.8) is 0 Å². The summed E-state index contributed by atoms with van der Waals surface area (Å²) in [5.74, 6) is 1.16. The topological polar surface area (TPSA) is 45.4 Å². The number of hydrogen-bond acceptors (Lipinski definition) is 5. The van der Waals surface area contributed by atoms with Crippen molar-refractivity contribution >= 4 is 33.2 Å². The van der Waals surface area contributed by atoms with Crippen LogP contribution in [-0.2, 0) is 0 Å². The fraction of sp³-hybridized carbons (Fsp3) is 0.231. The molecule has 2 heterocycles. The van der Waals surface area contributed by atoms with E-state index >= 15 is 0 Å². The van der Waals surface area contributed by atoms with Gasteiger partial charge in [0.05, 0.1) is 0 Å². The minimum Gasteiger partial charge on any atom is -0.419 e. The molecule has 1 fully saturated rings. The van der Waals surface area contributed by atoms with Gasteiger partial charge in [0, 0.05) is 46.9 Å². The zero-order chi connectivity index (χ0) is 22.8. The van der Waals surface area contributed by atoms with Gasteiger partial charge in [-0.3, -0.25) is 4.90 Å². The molecule has 1 aliphatic heterocycles. The quantitative estimate of drug-likeness (QED) is 0.304. The fourth-order valence-electron chi connectivity index (χ4n) is 4.34. The second kappa shape index (κ2) is 9.67. The Bertz CT molecular complexity index is 1220. The van der Waals surface area contributed by atoms with Crippen LogP contribution in [0.25, 0.3) is 11.5 Å². The lowest BCUT2D eigenvalue weighted by atomic mass is 10.0. The number of aromatic nitrogens is 2. The third-order valence-corrected chi connectivity index (χ3v) is 6.84. The van der Waals surface area contributed by atoms with Crippen LogP contribution in [0.5, 0.6) is 0 Å². The van der Waals surface area contributed by atoms with E-state index in [1.807, 2.05) is 36.4 Å². The molecular weight excluding hydrogens is 500 g/mol. The first-order valence-corrected chi connectivity index (χ1v) is 12.1. The lowest BCUT2D eigenvalue weighted by molar-refractivity contribution is 0.188. The van der Waals surface area contributed by atoms with E-state index in [0.29, 0.717) is 11.8 Å². The number of halogens is 2. The third kappa shape index (κ3) is 4.83. The summed E-state index contributed by atoms with van der Waals surface area (Å²) in [6.07, 6.45) is 0. The predicted octanol–water partition coefficient (Wildman–Crippen LogP) is 6.37. The van der Waals surface area contributed by atoms with E-state index in [1.165, 1.54) is 11.3 Å². The average molecular weight is 524 g/mol. The molecule has 0 bridgehead atoms. The van der Waals surface area contributed by atoms with Gasteiger partial charge in [-0.15, -0.1) is 10.2 Å². The molecule has 7 heteroatoms. The Morgan fingerprint density at radius 2 is 1.64 bits per heavy atom. The molecule has 3 aromatic carbocycles. The maximum atomic E-state index is 6.27. The summed E-state index contributed by atoms with van der Waals surface area (Å²) >= 11 is 9.82. The van der Waals surface area contributed by atoms with Gasteiger partial charge in [0.1, 0.15) is 6.04 Å². The number of hydrogen-bond donors (Lipinski definition) is 0. The molecule has 4 aromatic rings. The van der Waals surface area contributed by atoms with E-state index in [0.717, 1.165) is 46.8 Å². The Balaban J connectivity index is 1.42. The average Bonchev–Trinajstić information content (AvgIpc) is 3.33. The van der Waals surface area contributed by atoms with Crippen molar-refractivity contribution in [2.45, 2.75) is 13.0 Å². The van der Waals surface area contributed by atoms with Crippen LogP contribution >= 0.6 is 27.5 Å². The van der Waals surface area contributed by atoms with E-state index in [1.54, 1.807) is 0 Å². The Labute approximate surface area is 207 Å². The highest BCUT2D eigenvalue weighted by Gasteiger charge is 2.31. The second-order valence-corrected chi connectivity index (χ2v) is 9.57. The van der Waals surface area contributed by atoms with Gasteiger partial charge in [-0.05, 0) is 54.4 Å². The summed E-state index contributed by atoms with van der Waals surface area (Å²) in [5, 5.41) is 9.59. The van der Waals surface area contributed by atoms with Crippen LogP contribution in [0.3, 0.4) is 0 Å². The van der Waals surface area contributed by atoms with Gasteiger partial charge in [0.25, 0.3) is 0 Å². The molecule has 168 valence electrons. The predicted molar refractivity (Wildman–Crippen MR) is 136 cm³/mol. The van der Waals surface area contributed by atoms with Crippen LogP contribution in [0.15, 0.2) is 81.7 Å².